The van der Waals surface area contributed by atoms with Crippen molar-refractivity contribution in [1.29, 1.82) is 0 Å². The Kier molecular flexibility index (Phi) is 5.42. The van der Waals surface area contributed by atoms with Crippen molar-refractivity contribution in [3.63, 3.8) is 0 Å². The summed E-state index contributed by atoms with van der Waals surface area (Å²) in [5.41, 5.74) is 2.59. The Balaban J connectivity index is 1.42. The monoisotopic (exact) mass is 450 g/mol. The standard InChI is InChI=1S/C25H27FN4O3/c1-25(2)19(14-21(33-25)23-18-13-17(26)4-5-20(18)28-24(23)32)16-3-6-22(27-15-16)30-9-7-29(8-10-30)11-12-31/h3-6,13-15,31H,7-12H2,1-2H3,(H,28,32)/b23-21+. The first-order valence-corrected chi connectivity index (χ1v) is 11.2. The summed E-state index contributed by atoms with van der Waals surface area (Å²) in [6.07, 6.45) is 3.70. The van der Waals surface area contributed by atoms with E-state index in [2.05, 4.69) is 20.1 Å². The number of allylic oxidation sites excluding steroid dienone is 1. The van der Waals surface area contributed by atoms with E-state index < -0.39 is 11.4 Å². The van der Waals surface area contributed by atoms with E-state index in [0.29, 0.717) is 29.1 Å². The lowest BCUT2D eigenvalue weighted by Crippen LogP contribution is -2.47. The van der Waals surface area contributed by atoms with Crippen molar-refractivity contribution in [2.24, 2.45) is 0 Å². The number of benzene rings is 1. The highest BCUT2D eigenvalue weighted by atomic mass is 19.1. The lowest BCUT2D eigenvalue weighted by molar-refractivity contribution is -0.111. The smallest absolute Gasteiger partial charge is 0.260 e. The van der Waals surface area contributed by atoms with Crippen molar-refractivity contribution >= 4 is 28.6 Å². The molecule has 0 atom stereocenters. The molecule has 172 valence electrons. The van der Waals surface area contributed by atoms with Crippen molar-refractivity contribution in [3.05, 3.63) is 65.3 Å². The normalized spacial score (nSPS) is 22.1. The van der Waals surface area contributed by atoms with Gasteiger partial charge in [0.25, 0.3) is 5.91 Å². The number of hydrogen-bond acceptors (Lipinski definition) is 6. The topological polar surface area (TPSA) is 77.9 Å². The van der Waals surface area contributed by atoms with Gasteiger partial charge in [-0.2, -0.15) is 0 Å². The highest BCUT2D eigenvalue weighted by Crippen LogP contribution is 2.44. The minimum atomic E-state index is -0.669. The van der Waals surface area contributed by atoms with Crippen LogP contribution in [0.25, 0.3) is 11.1 Å². The fourth-order valence-corrected chi connectivity index (χ4v) is 4.68. The van der Waals surface area contributed by atoms with Crippen LogP contribution in [0.5, 0.6) is 0 Å². The molecule has 0 radical (unpaired) electrons. The van der Waals surface area contributed by atoms with Gasteiger partial charge in [0.05, 0.1) is 12.2 Å². The fraction of sp³-hybridized carbons (Fsp3) is 0.360. The second kappa shape index (κ2) is 8.28. The molecule has 1 aromatic heterocycles. The predicted molar refractivity (Wildman–Crippen MR) is 125 cm³/mol. The number of halogens is 1. The lowest BCUT2D eigenvalue weighted by atomic mass is 9.93. The van der Waals surface area contributed by atoms with E-state index in [9.17, 15) is 9.18 Å². The zero-order valence-electron chi connectivity index (χ0n) is 18.8. The van der Waals surface area contributed by atoms with Crippen LogP contribution in [0.2, 0.25) is 0 Å². The summed E-state index contributed by atoms with van der Waals surface area (Å²) in [7, 11) is 0. The summed E-state index contributed by atoms with van der Waals surface area (Å²) in [5, 5.41) is 11.9. The van der Waals surface area contributed by atoms with Crippen LogP contribution in [-0.2, 0) is 9.53 Å². The number of aliphatic hydroxyl groups excluding tert-OH is 1. The van der Waals surface area contributed by atoms with Gasteiger partial charge in [-0.15, -0.1) is 0 Å². The molecule has 7 nitrogen and oxygen atoms in total. The number of anilines is 2. The largest absolute Gasteiger partial charge is 0.482 e. The number of ether oxygens (including phenoxy) is 1. The number of aliphatic hydroxyl groups is 1. The van der Waals surface area contributed by atoms with Crippen LogP contribution in [0.15, 0.2) is 48.4 Å². The van der Waals surface area contributed by atoms with Crippen LogP contribution in [0, 0.1) is 5.82 Å². The van der Waals surface area contributed by atoms with E-state index >= 15 is 0 Å². The van der Waals surface area contributed by atoms with Gasteiger partial charge in [-0.1, -0.05) is 0 Å². The van der Waals surface area contributed by atoms with Gasteiger partial charge in [0.15, 0.2) is 0 Å². The maximum Gasteiger partial charge on any atom is 0.260 e. The molecule has 33 heavy (non-hydrogen) atoms. The minimum absolute atomic E-state index is 0.181. The van der Waals surface area contributed by atoms with E-state index in [1.807, 2.05) is 38.3 Å². The highest BCUT2D eigenvalue weighted by Gasteiger charge is 2.38. The summed E-state index contributed by atoms with van der Waals surface area (Å²) in [4.78, 5) is 21.8. The molecule has 8 heteroatoms. The van der Waals surface area contributed by atoms with Gasteiger partial charge in [-0.25, -0.2) is 9.37 Å². The van der Waals surface area contributed by atoms with E-state index in [1.165, 1.54) is 12.1 Å². The molecule has 0 unspecified atom stereocenters. The molecule has 1 amide bonds. The Morgan fingerprint density at radius 1 is 1.18 bits per heavy atom. The third-order valence-corrected chi connectivity index (χ3v) is 6.43. The number of hydrogen-bond donors (Lipinski definition) is 2. The van der Waals surface area contributed by atoms with Gasteiger partial charge in [0.1, 0.15) is 23.0 Å². The van der Waals surface area contributed by atoms with Crippen LogP contribution in [0.4, 0.5) is 15.9 Å². The Morgan fingerprint density at radius 2 is 1.97 bits per heavy atom. The quantitative estimate of drug-likeness (QED) is 0.698. The molecule has 4 heterocycles. The Labute approximate surface area is 192 Å². The van der Waals surface area contributed by atoms with Gasteiger partial charge in [0, 0.05) is 61.3 Å². The SMILES string of the molecule is CC1(C)O/C(=C2/C(=O)Nc3ccc(F)cc32)C=C1c1ccc(N2CCN(CCO)CC2)nc1. The number of fused-ring (bicyclic) bond motifs is 1. The molecular weight excluding hydrogens is 423 g/mol. The summed E-state index contributed by atoms with van der Waals surface area (Å²) >= 11 is 0. The van der Waals surface area contributed by atoms with Gasteiger partial charge >= 0.3 is 0 Å². The lowest BCUT2D eigenvalue weighted by Gasteiger charge is -2.35. The number of piperazine rings is 1. The minimum Gasteiger partial charge on any atom is -0.482 e. The Morgan fingerprint density at radius 3 is 2.67 bits per heavy atom. The van der Waals surface area contributed by atoms with Crippen molar-refractivity contribution < 1.29 is 19.0 Å². The summed E-state index contributed by atoms with van der Waals surface area (Å²) < 4.78 is 20.0. The fourth-order valence-electron chi connectivity index (χ4n) is 4.68. The van der Waals surface area contributed by atoms with E-state index in [-0.39, 0.29) is 12.5 Å². The first-order valence-electron chi connectivity index (χ1n) is 11.2. The number of pyridine rings is 1. The molecule has 3 aliphatic rings. The zero-order chi connectivity index (χ0) is 23.2. The zero-order valence-corrected chi connectivity index (χ0v) is 18.8. The van der Waals surface area contributed by atoms with Crippen molar-refractivity contribution in [3.8, 4) is 0 Å². The molecule has 1 aromatic carbocycles. The summed E-state index contributed by atoms with van der Waals surface area (Å²) in [5.74, 6) is 0.647. The Bertz CT molecular complexity index is 1150. The summed E-state index contributed by atoms with van der Waals surface area (Å²) in [6, 6.07) is 8.27. The molecule has 0 spiro atoms. The van der Waals surface area contributed by atoms with Gasteiger partial charge in [0.2, 0.25) is 0 Å². The van der Waals surface area contributed by atoms with E-state index in [1.54, 1.807) is 6.07 Å². The van der Waals surface area contributed by atoms with Gasteiger partial charge in [-0.3, -0.25) is 9.69 Å². The predicted octanol–water partition coefficient (Wildman–Crippen LogP) is 2.89. The molecule has 0 aliphatic carbocycles. The first kappa shape index (κ1) is 21.6. The molecule has 2 aromatic rings. The molecule has 1 saturated heterocycles. The second-order valence-corrected chi connectivity index (χ2v) is 9.01. The summed E-state index contributed by atoms with van der Waals surface area (Å²) in [6.45, 7) is 8.31. The van der Waals surface area contributed by atoms with Crippen LogP contribution in [0.1, 0.15) is 25.0 Å². The second-order valence-electron chi connectivity index (χ2n) is 9.01. The number of aromatic nitrogens is 1. The first-order chi connectivity index (χ1) is 15.9. The molecular formula is C25H27FN4O3. The molecule has 0 saturated carbocycles. The van der Waals surface area contributed by atoms with E-state index in [0.717, 1.165) is 43.1 Å². The number of β-amino-alcohol motifs (C(OH)–C–C–N with tert-alkyl or cyclic N) is 1. The number of carbonyl (C=O) groups excluding carboxylic acids is 1. The van der Waals surface area contributed by atoms with E-state index in [4.69, 9.17) is 9.84 Å². The van der Waals surface area contributed by atoms with Crippen LogP contribution in [-0.4, -0.2) is 65.8 Å². The molecule has 0 bridgehead atoms. The number of nitrogens with zero attached hydrogens (tertiary/aromatic N) is 3. The van der Waals surface area contributed by atoms with Crippen molar-refractivity contribution in [2.75, 3.05) is 49.5 Å². The highest BCUT2D eigenvalue weighted by molar-refractivity contribution is 6.32. The molecule has 1 fully saturated rings. The Hall–Kier alpha value is -3.23. The number of amides is 1. The third-order valence-electron chi connectivity index (χ3n) is 6.43. The maximum absolute atomic E-state index is 13.9. The number of carbonyl (C=O) groups is 1. The van der Waals surface area contributed by atoms with Crippen molar-refractivity contribution in [1.82, 2.24) is 9.88 Å². The number of rotatable bonds is 4. The van der Waals surface area contributed by atoms with Crippen LogP contribution < -0.4 is 10.2 Å². The van der Waals surface area contributed by atoms with Gasteiger partial charge < -0.3 is 20.1 Å². The van der Waals surface area contributed by atoms with Gasteiger partial charge in [-0.05, 0) is 50.3 Å². The molecule has 3 aliphatic heterocycles. The third kappa shape index (κ3) is 4.00. The molecule has 2 N–H and O–H groups in total. The molecule has 5 rings (SSSR count). The average Bonchev–Trinajstić information content (AvgIpc) is 3.29. The average molecular weight is 451 g/mol. The maximum atomic E-state index is 13.9. The number of nitrogens with one attached hydrogen (secondary N) is 1. The van der Waals surface area contributed by atoms with Crippen molar-refractivity contribution in [2.45, 2.75) is 19.4 Å². The van der Waals surface area contributed by atoms with Crippen LogP contribution >= 0.6 is 0 Å². The van der Waals surface area contributed by atoms with Crippen LogP contribution in [0.3, 0.4) is 0 Å².